The van der Waals surface area contributed by atoms with Crippen molar-refractivity contribution < 1.29 is 4.39 Å². The van der Waals surface area contributed by atoms with Crippen LogP contribution >= 0.6 is 0 Å². The summed E-state index contributed by atoms with van der Waals surface area (Å²) < 4.78 is 13.3. The summed E-state index contributed by atoms with van der Waals surface area (Å²) in [5.74, 6) is 0.605. The molecule has 2 heteroatoms. The summed E-state index contributed by atoms with van der Waals surface area (Å²) >= 11 is 0. The molecule has 0 spiro atoms. The summed E-state index contributed by atoms with van der Waals surface area (Å²) in [7, 11) is 0. The molecule has 0 aromatic heterocycles. The van der Waals surface area contributed by atoms with Crippen LogP contribution in [0.5, 0.6) is 0 Å². The molecular weight excluding hydrogens is 249 g/mol. The van der Waals surface area contributed by atoms with Gasteiger partial charge in [-0.1, -0.05) is 38.8 Å². The molecule has 1 fully saturated rings. The summed E-state index contributed by atoms with van der Waals surface area (Å²) in [4.78, 5) is 0. The lowest BCUT2D eigenvalue weighted by atomic mass is 9.78. The van der Waals surface area contributed by atoms with Crippen molar-refractivity contribution in [3.05, 3.63) is 35.6 Å². The van der Waals surface area contributed by atoms with Crippen molar-refractivity contribution in [2.75, 3.05) is 6.54 Å². The second kappa shape index (κ2) is 6.71. The normalized spacial score (nSPS) is 19.4. The smallest absolute Gasteiger partial charge is 0.123 e. The number of rotatable bonds is 6. The van der Waals surface area contributed by atoms with Gasteiger partial charge in [0, 0.05) is 12.6 Å². The van der Waals surface area contributed by atoms with E-state index in [2.05, 4.69) is 26.1 Å². The van der Waals surface area contributed by atoms with E-state index in [0.29, 0.717) is 5.41 Å². The predicted octanol–water partition coefficient (Wildman–Crippen LogP) is 5.08. The van der Waals surface area contributed by atoms with Crippen LogP contribution in [0.1, 0.15) is 64.5 Å². The van der Waals surface area contributed by atoms with Crippen molar-refractivity contribution in [3.63, 3.8) is 0 Å². The van der Waals surface area contributed by atoms with E-state index < -0.39 is 0 Å². The summed E-state index contributed by atoms with van der Waals surface area (Å²) in [6.45, 7) is 7.82. The fraction of sp³-hybridized carbons (Fsp3) is 0.667. The van der Waals surface area contributed by atoms with Crippen molar-refractivity contribution in [2.45, 2.75) is 58.9 Å². The summed E-state index contributed by atoms with van der Waals surface area (Å²) in [6, 6.07) is 7.16. The molecule has 1 saturated carbocycles. The monoisotopic (exact) mass is 277 g/mol. The Labute approximate surface area is 123 Å². The van der Waals surface area contributed by atoms with Gasteiger partial charge in [0.1, 0.15) is 5.82 Å². The third kappa shape index (κ3) is 4.05. The number of hydrogen-bond acceptors (Lipinski definition) is 1. The third-order valence-corrected chi connectivity index (χ3v) is 4.64. The molecule has 1 nitrogen and oxygen atoms in total. The Morgan fingerprint density at radius 1 is 1.20 bits per heavy atom. The number of benzene rings is 1. The Morgan fingerprint density at radius 3 is 2.50 bits per heavy atom. The van der Waals surface area contributed by atoms with Crippen LogP contribution in [-0.4, -0.2) is 6.54 Å². The van der Waals surface area contributed by atoms with Gasteiger partial charge in [0.05, 0.1) is 0 Å². The molecule has 0 amide bonds. The minimum absolute atomic E-state index is 0.145. The first-order chi connectivity index (χ1) is 9.51. The topological polar surface area (TPSA) is 12.0 Å². The zero-order chi connectivity index (χ0) is 14.6. The Balaban J connectivity index is 1.95. The minimum Gasteiger partial charge on any atom is -0.310 e. The Kier molecular flexibility index (Phi) is 5.20. The molecule has 1 aromatic rings. The van der Waals surface area contributed by atoms with Gasteiger partial charge in [-0.2, -0.15) is 0 Å². The maximum atomic E-state index is 13.3. The highest BCUT2D eigenvalue weighted by Crippen LogP contribution is 2.42. The summed E-state index contributed by atoms with van der Waals surface area (Å²) in [5, 5.41) is 3.65. The number of nitrogens with one attached hydrogen (secondary N) is 1. The van der Waals surface area contributed by atoms with Gasteiger partial charge >= 0.3 is 0 Å². The van der Waals surface area contributed by atoms with E-state index in [1.54, 1.807) is 12.1 Å². The maximum Gasteiger partial charge on any atom is 0.123 e. The van der Waals surface area contributed by atoms with Gasteiger partial charge in [-0.25, -0.2) is 4.39 Å². The van der Waals surface area contributed by atoms with E-state index >= 15 is 0 Å². The van der Waals surface area contributed by atoms with Crippen LogP contribution in [0.4, 0.5) is 4.39 Å². The molecule has 0 aliphatic heterocycles. The molecule has 1 unspecified atom stereocenters. The van der Waals surface area contributed by atoms with Crippen molar-refractivity contribution in [3.8, 4) is 0 Å². The van der Waals surface area contributed by atoms with Gasteiger partial charge in [-0.3, -0.25) is 0 Å². The lowest BCUT2D eigenvalue weighted by Crippen LogP contribution is -2.34. The van der Waals surface area contributed by atoms with Crippen molar-refractivity contribution in [1.82, 2.24) is 5.32 Å². The van der Waals surface area contributed by atoms with Crippen LogP contribution in [0.15, 0.2) is 24.3 Å². The SMILES string of the molecule is CC(C)CC1(CNC(C)c2cccc(F)c2)CCCC1. The van der Waals surface area contributed by atoms with E-state index in [9.17, 15) is 4.39 Å². The quantitative estimate of drug-likeness (QED) is 0.764. The predicted molar refractivity (Wildman–Crippen MR) is 83.2 cm³/mol. The molecule has 1 aliphatic rings. The first kappa shape index (κ1) is 15.5. The fourth-order valence-corrected chi connectivity index (χ4v) is 3.71. The summed E-state index contributed by atoms with van der Waals surface area (Å²) in [5.41, 5.74) is 1.51. The van der Waals surface area contributed by atoms with Gasteiger partial charge in [-0.05, 0) is 55.2 Å². The Bertz CT molecular complexity index is 421. The van der Waals surface area contributed by atoms with Crippen LogP contribution in [0.2, 0.25) is 0 Å². The first-order valence-corrected chi connectivity index (χ1v) is 8.00. The molecule has 0 bridgehead atoms. The van der Waals surface area contributed by atoms with E-state index in [0.717, 1.165) is 18.0 Å². The van der Waals surface area contributed by atoms with Crippen molar-refractivity contribution in [2.24, 2.45) is 11.3 Å². The molecule has 1 aromatic carbocycles. The fourth-order valence-electron chi connectivity index (χ4n) is 3.71. The third-order valence-electron chi connectivity index (χ3n) is 4.64. The zero-order valence-corrected chi connectivity index (χ0v) is 13.1. The molecule has 1 aliphatic carbocycles. The van der Waals surface area contributed by atoms with Gasteiger partial charge in [-0.15, -0.1) is 0 Å². The molecule has 1 N–H and O–H groups in total. The maximum absolute atomic E-state index is 13.3. The number of halogens is 1. The second-order valence-electron chi connectivity index (χ2n) is 6.96. The Morgan fingerprint density at radius 2 is 1.90 bits per heavy atom. The lowest BCUT2D eigenvalue weighted by molar-refractivity contribution is 0.217. The average molecular weight is 277 g/mol. The van der Waals surface area contributed by atoms with Crippen molar-refractivity contribution in [1.29, 1.82) is 0 Å². The van der Waals surface area contributed by atoms with E-state index in [1.807, 2.05) is 6.07 Å². The van der Waals surface area contributed by atoms with Crippen LogP contribution in [0.3, 0.4) is 0 Å². The average Bonchev–Trinajstić information content (AvgIpc) is 2.84. The highest BCUT2D eigenvalue weighted by atomic mass is 19.1. The van der Waals surface area contributed by atoms with Crippen LogP contribution in [0, 0.1) is 17.2 Å². The second-order valence-corrected chi connectivity index (χ2v) is 6.96. The molecule has 0 heterocycles. The molecule has 1 atom stereocenters. The van der Waals surface area contributed by atoms with Gasteiger partial charge in [0.25, 0.3) is 0 Å². The van der Waals surface area contributed by atoms with Crippen LogP contribution in [-0.2, 0) is 0 Å². The van der Waals surface area contributed by atoms with E-state index in [1.165, 1.54) is 38.2 Å². The van der Waals surface area contributed by atoms with E-state index in [4.69, 9.17) is 0 Å². The molecule has 0 radical (unpaired) electrons. The first-order valence-electron chi connectivity index (χ1n) is 8.00. The van der Waals surface area contributed by atoms with Gasteiger partial charge in [0.2, 0.25) is 0 Å². The highest BCUT2D eigenvalue weighted by Gasteiger charge is 2.34. The Hall–Kier alpha value is -0.890. The van der Waals surface area contributed by atoms with Crippen LogP contribution in [0.25, 0.3) is 0 Å². The van der Waals surface area contributed by atoms with Crippen molar-refractivity contribution >= 4 is 0 Å². The largest absolute Gasteiger partial charge is 0.310 e. The zero-order valence-electron chi connectivity index (χ0n) is 13.1. The standard InChI is InChI=1S/C18H28FN/c1-14(2)12-18(9-4-5-10-18)13-20-15(3)16-7-6-8-17(19)11-16/h6-8,11,14-15,20H,4-5,9-10,12-13H2,1-3H3. The van der Waals surface area contributed by atoms with Gasteiger partial charge < -0.3 is 5.32 Å². The molecule has 2 rings (SSSR count). The highest BCUT2D eigenvalue weighted by molar-refractivity contribution is 5.19. The molecular formula is C18H28FN. The molecule has 112 valence electrons. The molecule has 0 saturated heterocycles. The lowest BCUT2D eigenvalue weighted by Gasteiger charge is -2.32. The summed E-state index contributed by atoms with van der Waals surface area (Å²) in [6.07, 6.45) is 6.71. The van der Waals surface area contributed by atoms with E-state index in [-0.39, 0.29) is 11.9 Å². The van der Waals surface area contributed by atoms with Crippen LogP contribution < -0.4 is 5.32 Å². The minimum atomic E-state index is -0.145. The molecule has 20 heavy (non-hydrogen) atoms. The van der Waals surface area contributed by atoms with Gasteiger partial charge in [0.15, 0.2) is 0 Å². The number of hydrogen-bond donors (Lipinski definition) is 1.